The topological polar surface area (TPSA) is 49.3 Å². The van der Waals surface area contributed by atoms with Gasteiger partial charge in [-0.1, -0.05) is 19.1 Å². The minimum atomic E-state index is -0.506. The van der Waals surface area contributed by atoms with Crippen LogP contribution in [0, 0.1) is 0 Å². The molecule has 0 fully saturated rings. The molecule has 0 aliphatic rings. The molecule has 0 spiro atoms. The SMILES string of the molecule is CCC(=O)Nc1cccc(C(C)O)c1. The Bertz CT molecular complexity index is 321. The Kier molecular flexibility index (Phi) is 3.65. The van der Waals surface area contributed by atoms with Crippen molar-refractivity contribution in [1.29, 1.82) is 0 Å². The predicted molar refractivity (Wildman–Crippen MR) is 56.0 cm³/mol. The van der Waals surface area contributed by atoms with Gasteiger partial charge in [-0.15, -0.1) is 0 Å². The number of hydrogen-bond donors (Lipinski definition) is 2. The van der Waals surface area contributed by atoms with E-state index in [4.69, 9.17) is 0 Å². The van der Waals surface area contributed by atoms with Crippen LogP contribution in [0.2, 0.25) is 0 Å². The molecule has 0 aliphatic carbocycles. The van der Waals surface area contributed by atoms with E-state index in [1.54, 1.807) is 26.0 Å². The van der Waals surface area contributed by atoms with Gasteiger partial charge in [0.15, 0.2) is 0 Å². The Balaban J connectivity index is 2.78. The number of aliphatic hydroxyl groups excluding tert-OH is 1. The monoisotopic (exact) mass is 193 g/mol. The van der Waals surface area contributed by atoms with Gasteiger partial charge in [-0.25, -0.2) is 0 Å². The van der Waals surface area contributed by atoms with Crippen molar-refractivity contribution in [1.82, 2.24) is 0 Å². The van der Waals surface area contributed by atoms with Crippen molar-refractivity contribution in [2.75, 3.05) is 5.32 Å². The lowest BCUT2D eigenvalue weighted by Crippen LogP contribution is -2.09. The summed E-state index contributed by atoms with van der Waals surface area (Å²) >= 11 is 0. The average Bonchev–Trinajstić information content (AvgIpc) is 2.18. The average molecular weight is 193 g/mol. The first-order valence-electron chi connectivity index (χ1n) is 4.71. The quantitative estimate of drug-likeness (QED) is 0.772. The number of anilines is 1. The van der Waals surface area contributed by atoms with Gasteiger partial charge in [-0.05, 0) is 24.6 Å². The number of hydrogen-bond acceptors (Lipinski definition) is 2. The van der Waals surface area contributed by atoms with Crippen LogP contribution in [0.15, 0.2) is 24.3 Å². The fourth-order valence-corrected chi connectivity index (χ4v) is 1.13. The lowest BCUT2D eigenvalue weighted by molar-refractivity contribution is -0.115. The maximum atomic E-state index is 11.1. The zero-order valence-corrected chi connectivity index (χ0v) is 8.45. The van der Waals surface area contributed by atoms with Crippen LogP contribution in [-0.2, 0) is 4.79 Å². The van der Waals surface area contributed by atoms with Crippen molar-refractivity contribution in [3.8, 4) is 0 Å². The zero-order chi connectivity index (χ0) is 10.6. The predicted octanol–water partition coefficient (Wildman–Crippen LogP) is 2.09. The van der Waals surface area contributed by atoms with E-state index < -0.39 is 6.10 Å². The van der Waals surface area contributed by atoms with Crippen molar-refractivity contribution >= 4 is 11.6 Å². The Hall–Kier alpha value is -1.35. The van der Waals surface area contributed by atoms with Gasteiger partial charge < -0.3 is 10.4 Å². The third-order valence-electron chi connectivity index (χ3n) is 1.97. The molecule has 3 heteroatoms. The van der Waals surface area contributed by atoms with Gasteiger partial charge in [0.05, 0.1) is 6.10 Å². The summed E-state index contributed by atoms with van der Waals surface area (Å²) in [6, 6.07) is 7.22. The van der Waals surface area contributed by atoms with Crippen molar-refractivity contribution in [2.45, 2.75) is 26.4 Å². The number of carbonyl (C=O) groups is 1. The van der Waals surface area contributed by atoms with Gasteiger partial charge >= 0.3 is 0 Å². The number of carbonyl (C=O) groups excluding carboxylic acids is 1. The molecule has 0 saturated heterocycles. The summed E-state index contributed by atoms with van der Waals surface area (Å²) in [6.45, 7) is 3.49. The third kappa shape index (κ3) is 2.85. The summed E-state index contributed by atoms with van der Waals surface area (Å²) < 4.78 is 0. The number of benzene rings is 1. The first-order chi connectivity index (χ1) is 6.63. The fraction of sp³-hybridized carbons (Fsp3) is 0.364. The molecule has 1 atom stereocenters. The first kappa shape index (κ1) is 10.7. The van der Waals surface area contributed by atoms with E-state index in [0.29, 0.717) is 6.42 Å². The molecule has 0 bridgehead atoms. The molecular weight excluding hydrogens is 178 g/mol. The van der Waals surface area contributed by atoms with E-state index in [-0.39, 0.29) is 5.91 Å². The number of amides is 1. The lowest BCUT2D eigenvalue weighted by atomic mass is 10.1. The van der Waals surface area contributed by atoms with Crippen LogP contribution in [0.25, 0.3) is 0 Å². The second kappa shape index (κ2) is 4.77. The maximum absolute atomic E-state index is 11.1. The summed E-state index contributed by atoms with van der Waals surface area (Å²) in [5.74, 6) is -0.0206. The minimum Gasteiger partial charge on any atom is -0.389 e. The lowest BCUT2D eigenvalue weighted by Gasteiger charge is -2.08. The molecule has 0 heterocycles. The van der Waals surface area contributed by atoms with Gasteiger partial charge in [0, 0.05) is 12.1 Å². The molecule has 2 N–H and O–H groups in total. The first-order valence-corrected chi connectivity index (χ1v) is 4.71. The summed E-state index contributed by atoms with van der Waals surface area (Å²) in [6.07, 6.45) is -0.0488. The van der Waals surface area contributed by atoms with Crippen molar-refractivity contribution in [3.05, 3.63) is 29.8 Å². The van der Waals surface area contributed by atoms with Gasteiger partial charge in [-0.2, -0.15) is 0 Å². The Morgan fingerprint density at radius 3 is 2.86 bits per heavy atom. The van der Waals surface area contributed by atoms with Gasteiger partial charge in [-0.3, -0.25) is 4.79 Å². The highest BCUT2D eigenvalue weighted by atomic mass is 16.3. The van der Waals surface area contributed by atoms with E-state index >= 15 is 0 Å². The molecule has 1 rings (SSSR count). The molecule has 0 radical (unpaired) electrons. The molecular formula is C11H15NO2. The van der Waals surface area contributed by atoms with E-state index in [1.165, 1.54) is 0 Å². The molecule has 14 heavy (non-hydrogen) atoms. The Morgan fingerprint density at radius 2 is 2.29 bits per heavy atom. The zero-order valence-electron chi connectivity index (χ0n) is 8.45. The molecule has 0 aliphatic heterocycles. The largest absolute Gasteiger partial charge is 0.389 e. The number of rotatable bonds is 3. The van der Waals surface area contributed by atoms with Crippen LogP contribution in [0.5, 0.6) is 0 Å². The fourth-order valence-electron chi connectivity index (χ4n) is 1.13. The van der Waals surface area contributed by atoms with Gasteiger partial charge in [0.25, 0.3) is 0 Å². The van der Waals surface area contributed by atoms with Crippen LogP contribution in [0.1, 0.15) is 31.9 Å². The van der Waals surface area contributed by atoms with E-state index in [0.717, 1.165) is 11.3 Å². The highest BCUT2D eigenvalue weighted by Crippen LogP contribution is 2.16. The molecule has 0 aromatic heterocycles. The molecule has 3 nitrogen and oxygen atoms in total. The van der Waals surface area contributed by atoms with Gasteiger partial charge in [0.2, 0.25) is 5.91 Å². The van der Waals surface area contributed by atoms with E-state index in [9.17, 15) is 9.90 Å². The summed E-state index contributed by atoms with van der Waals surface area (Å²) in [7, 11) is 0. The normalized spacial score (nSPS) is 12.2. The molecule has 0 saturated carbocycles. The number of aliphatic hydroxyl groups is 1. The summed E-state index contributed by atoms with van der Waals surface area (Å²) in [4.78, 5) is 11.1. The standard InChI is InChI=1S/C11H15NO2/c1-3-11(14)12-10-6-4-5-9(7-10)8(2)13/h4-8,13H,3H2,1-2H3,(H,12,14). The second-order valence-corrected chi connectivity index (χ2v) is 3.20. The highest BCUT2D eigenvalue weighted by Gasteiger charge is 2.03. The smallest absolute Gasteiger partial charge is 0.224 e. The second-order valence-electron chi connectivity index (χ2n) is 3.20. The van der Waals surface area contributed by atoms with Crippen molar-refractivity contribution < 1.29 is 9.90 Å². The van der Waals surface area contributed by atoms with Crippen molar-refractivity contribution in [3.63, 3.8) is 0 Å². The summed E-state index contributed by atoms with van der Waals surface area (Å²) in [5.41, 5.74) is 1.54. The van der Waals surface area contributed by atoms with E-state index in [1.807, 2.05) is 12.1 Å². The van der Waals surface area contributed by atoms with Crippen LogP contribution < -0.4 is 5.32 Å². The van der Waals surface area contributed by atoms with Crippen LogP contribution >= 0.6 is 0 Å². The van der Waals surface area contributed by atoms with Crippen molar-refractivity contribution in [2.24, 2.45) is 0 Å². The molecule has 76 valence electrons. The maximum Gasteiger partial charge on any atom is 0.224 e. The van der Waals surface area contributed by atoms with E-state index in [2.05, 4.69) is 5.32 Å². The molecule has 1 amide bonds. The molecule has 1 unspecified atom stereocenters. The van der Waals surface area contributed by atoms with Crippen LogP contribution in [0.4, 0.5) is 5.69 Å². The summed E-state index contributed by atoms with van der Waals surface area (Å²) in [5, 5.41) is 12.1. The van der Waals surface area contributed by atoms with Crippen LogP contribution in [0.3, 0.4) is 0 Å². The Labute approximate surface area is 83.8 Å². The Morgan fingerprint density at radius 1 is 1.57 bits per heavy atom. The minimum absolute atomic E-state index is 0.0206. The number of nitrogens with one attached hydrogen (secondary N) is 1. The molecule has 1 aromatic rings. The third-order valence-corrected chi connectivity index (χ3v) is 1.97. The van der Waals surface area contributed by atoms with Crippen LogP contribution in [-0.4, -0.2) is 11.0 Å². The molecule has 1 aromatic carbocycles. The van der Waals surface area contributed by atoms with Gasteiger partial charge in [0.1, 0.15) is 0 Å². The highest BCUT2D eigenvalue weighted by molar-refractivity contribution is 5.90.